The minimum Gasteiger partial charge on any atom is -0.495 e. The van der Waals surface area contributed by atoms with Gasteiger partial charge in [0, 0.05) is 31.1 Å². The number of rotatable bonds is 6. The topological polar surface area (TPSA) is 63.7 Å². The molecular formula is C21H20ClN3O3. The summed E-state index contributed by atoms with van der Waals surface area (Å²) < 4.78 is 10.5. The van der Waals surface area contributed by atoms with E-state index in [1.165, 1.54) is 20.4 Å². The Hall–Kier alpha value is -3.25. The number of nitrogens with one attached hydrogen (secondary N) is 1. The van der Waals surface area contributed by atoms with Gasteiger partial charge in [-0.25, -0.2) is 0 Å². The molecule has 3 aromatic rings. The number of carbonyl (C=O) groups is 1. The molecule has 1 amide bonds. The summed E-state index contributed by atoms with van der Waals surface area (Å²) in [6.07, 6.45) is 3.22. The van der Waals surface area contributed by atoms with Crippen molar-refractivity contribution in [1.82, 2.24) is 4.98 Å². The van der Waals surface area contributed by atoms with E-state index in [1.54, 1.807) is 24.4 Å². The highest BCUT2D eigenvalue weighted by molar-refractivity contribution is 6.32. The fourth-order valence-corrected chi connectivity index (χ4v) is 2.92. The summed E-state index contributed by atoms with van der Waals surface area (Å²) in [5.41, 5.74) is 2.65. The Kier molecular flexibility index (Phi) is 6.01. The number of aromatic nitrogens is 1. The normalized spacial score (nSPS) is 10.3. The number of anilines is 3. The van der Waals surface area contributed by atoms with Gasteiger partial charge < -0.3 is 19.7 Å². The highest BCUT2D eigenvalue weighted by Gasteiger charge is 2.15. The highest BCUT2D eigenvalue weighted by Crippen LogP contribution is 2.36. The van der Waals surface area contributed by atoms with Crippen LogP contribution in [0.5, 0.6) is 11.5 Å². The molecule has 0 spiro atoms. The number of nitrogens with zero attached hydrogens (tertiary/aromatic N) is 2. The molecule has 7 heteroatoms. The van der Waals surface area contributed by atoms with Crippen LogP contribution in [0.4, 0.5) is 17.1 Å². The molecule has 0 aliphatic carbocycles. The number of amides is 1. The van der Waals surface area contributed by atoms with Crippen molar-refractivity contribution in [1.29, 1.82) is 0 Å². The van der Waals surface area contributed by atoms with Gasteiger partial charge in [0.2, 0.25) is 0 Å². The van der Waals surface area contributed by atoms with Gasteiger partial charge in [0.1, 0.15) is 11.5 Å². The quantitative estimate of drug-likeness (QED) is 0.649. The summed E-state index contributed by atoms with van der Waals surface area (Å²) in [4.78, 5) is 18.9. The van der Waals surface area contributed by atoms with Crippen molar-refractivity contribution in [2.24, 2.45) is 0 Å². The van der Waals surface area contributed by atoms with Crippen molar-refractivity contribution in [2.75, 3.05) is 31.5 Å². The molecule has 2 aromatic carbocycles. The number of carbonyl (C=O) groups excluding carboxylic acids is 1. The minimum absolute atomic E-state index is 0.321. The molecular weight excluding hydrogens is 378 g/mol. The largest absolute Gasteiger partial charge is 0.495 e. The van der Waals surface area contributed by atoms with Gasteiger partial charge in [0.15, 0.2) is 0 Å². The van der Waals surface area contributed by atoms with E-state index in [0.717, 1.165) is 11.4 Å². The lowest BCUT2D eigenvalue weighted by Gasteiger charge is -2.19. The molecule has 0 fully saturated rings. The van der Waals surface area contributed by atoms with E-state index < -0.39 is 0 Å². The number of pyridine rings is 1. The highest BCUT2D eigenvalue weighted by atomic mass is 35.5. The number of para-hydroxylation sites is 1. The third-order valence-corrected chi connectivity index (χ3v) is 4.53. The van der Waals surface area contributed by atoms with Crippen molar-refractivity contribution in [3.05, 3.63) is 71.5 Å². The first-order valence-electron chi connectivity index (χ1n) is 8.50. The summed E-state index contributed by atoms with van der Waals surface area (Å²) in [6.45, 7) is 0. The van der Waals surface area contributed by atoms with Crippen LogP contribution < -0.4 is 19.7 Å². The van der Waals surface area contributed by atoms with Crippen molar-refractivity contribution in [3.8, 4) is 11.5 Å². The first-order chi connectivity index (χ1) is 13.5. The molecule has 0 aliphatic rings. The van der Waals surface area contributed by atoms with E-state index >= 15 is 0 Å². The lowest BCUT2D eigenvalue weighted by atomic mass is 10.2. The van der Waals surface area contributed by atoms with E-state index in [1.807, 2.05) is 42.3 Å². The summed E-state index contributed by atoms with van der Waals surface area (Å²) in [6, 6.07) is 14.8. The SMILES string of the molecule is COc1cc(NC(=O)c2cncc(N(C)c3ccccc3)c2)c(OC)cc1Cl. The molecule has 0 unspecified atom stereocenters. The Balaban J connectivity index is 1.86. The van der Waals surface area contributed by atoms with Crippen LogP contribution in [-0.4, -0.2) is 32.2 Å². The van der Waals surface area contributed by atoms with E-state index in [0.29, 0.717) is 27.8 Å². The van der Waals surface area contributed by atoms with Crippen LogP contribution >= 0.6 is 11.6 Å². The smallest absolute Gasteiger partial charge is 0.257 e. The van der Waals surface area contributed by atoms with Crippen LogP contribution in [0.2, 0.25) is 5.02 Å². The zero-order valence-electron chi connectivity index (χ0n) is 15.8. The second-order valence-electron chi connectivity index (χ2n) is 5.97. The third-order valence-electron chi connectivity index (χ3n) is 4.24. The molecule has 1 aromatic heterocycles. The first kappa shape index (κ1) is 19.5. The predicted molar refractivity (Wildman–Crippen MR) is 111 cm³/mol. The van der Waals surface area contributed by atoms with Crippen molar-refractivity contribution >= 4 is 34.6 Å². The van der Waals surface area contributed by atoms with Crippen molar-refractivity contribution in [2.45, 2.75) is 0 Å². The molecule has 1 N–H and O–H groups in total. The molecule has 0 bridgehead atoms. The molecule has 144 valence electrons. The van der Waals surface area contributed by atoms with Crippen molar-refractivity contribution < 1.29 is 14.3 Å². The van der Waals surface area contributed by atoms with Crippen LogP contribution in [0.15, 0.2) is 60.9 Å². The summed E-state index contributed by atoms with van der Waals surface area (Å²) >= 11 is 6.11. The lowest BCUT2D eigenvalue weighted by molar-refractivity contribution is 0.102. The fourth-order valence-electron chi connectivity index (χ4n) is 2.69. The number of methoxy groups -OCH3 is 2. The predicted octanol–water partition coefficient (Wildman–Crippen LogP) is 4.77. The van der Waals surface area contributed by atoms with E-state index in [9.17, 15) is 4.79 Å². The molecule has 28 heavy (non-hydrogen) atoms. The first-order valence-corrected chi connectivity index (χ1v) is 8.88. The molecule has 3 rings (SSSR count). The molecule has 0 aliphatic heterocycles. The van der Waals surface area contributed by atoms with Gasteiger partial charge in [-0.2, -0.15) is 0 Å². The number of benzene rings is 2. The maximum atomic E-state index is 12.8. The Labute approximate surface area is 168 Å². The maximum Gasteiger partial charge on any atom is 0.257 e. The Morgan fingerprint density at radius 2 is 1.71 bits per heavy atom. The Morgan fingerprint density at radius 1 is 1.00 bits per heavy atom. The van der Waals surface area contributed by atoms with Gasteiger partial charge in [-0.05, 0) is 18.2 Å². The average Bonchev–Trinajstić information content (AvgIpc) is 2.74. The van der Waals surface area contributed by atoms with Crippen LogP contribution in [0.1, 0.15) is 10.4 Å². The van der Waals surface area contributed by atoms with Gasteiger partial charge in [-0.15, -0.1) is 0 Å². The molecule has 0 saturated heterocycles. The third kappa shape index (κ3) is 4.18. The zero-order valence-corrected chi connectivity index (χ0v) is 16.5. The second kappa shape index (κ2) is 8.63. The average molecular weight is 398 g/mol. The number of hydrogen-bond acceptors (Lipinski definition) is 5. The second-order valence-corrected chi connectivity index (χ2v) is 6.37. The molecule has 0 atom stereocenters. The van der Waals surface area contributed by atoms with E-state index in [-0.39, 0.29) is 5.91 Å². The van der Waals surface area contributed by atoms with Gasteiger partial charge >= 0.3 is 0 Å². The molecule has 0 saturated carbocycles. The standard InChI is InChI=1S/C21H20ClN3O3/c1-25(15-7-5-4-6-8-15)16-9-14(12-23-13-16)21(26)24-18-11-19(27-2)17(22)10-20(18)28-3/h4-13H,1-3H3,(H,24,26). The monoisotopic (exact) mass is 397 g/mol. The lowest BCUT2D eigenvalue weighted by Crippen LogP contribution is -2.15. The van der Waals surface area contributed by atoms with Gasteiger partial charge in [-0.3, -0.25) is 9.78 Å². The van der Waals surface area contributed by atoms with E-state index in [2.05, 4.69) is 10.3 Å². The van der Waals surface area contributed by atoms with Crippen molar-refractivity contribution in [3.63, 3.8) is 0 Å². The Bertz CT molecular complexity index is 980. The van der Waals surface area contributed by atoms with E-state index in [4.69, 9.17) is 21.1 Å². The summed E-state index contributed by atoms with van der Waals surface area (Å²) in [5, 5.41) is 3.22. The summed E-state index contributed by atoms with van der Waals surface area (Å²) in [7, 11) is 4.93. The fraction of sp³-hybridized carbons (Fsp3) is 0.143. The van der Waals surface area contributed by atoms with Crippen LogP contribution in [0.25, 0.3) is 0 Å². The van der Waals surface area contributed by atoms with Gasteiger partial charge in [0.05, 0.1) is 42.4 Å². The molecule has 1 heterocycles. The molecule has 0 radical (unpaired) electrons. The van der Waals surface area contributed by atoms with Crippen LogP contribution in [0, 0.1) is 0 Å². The van der Waals surface area contributed by atoms with Gasteiger partial charge in [0.25, 0.3) is 5.91 Å². The van der Waals surface area contributed by atoms with Crippen LogP contribution in [-0.2, 0) is 0 Å². The summed E-state index contributed by atoms with van der Waals surface area (Å²) in [5.74, 6) is 0.552. The van der Waals surface area contributed by atoms with Gasteiger partial charge in [-0.1, -0.05) is 29.8 Å². The number of halogens is 1. The molecule has 6 nitrogen and oxygen atoms in total. The zero-order chi connectivity index (χ0) is 20.1. The minimum atomic E-state index is -0.321. The van der Waals surface area contributed by atoms with Crippen LogP contribution in [0.3, 0.4) is 0 Å². The Morgan fingerprint density at radius 3 is 2.39 bits per heavy atom. The number of ether oxygens (including phenoxy) is 2. The maximum absolute atomic E-state index is 12.8. The number of hydrogen-bond donors (Lipinski definition) is 1.